The molecule has 3 aliphatic heterocycles. The topological polar surface area (TPSA) is 170 Å². The number of nitrogens with one attached hydrogen (secondary N) is 1. The number of oxime groups is 1. The first-order valence-corrected chi connectivity index (χ1v) is 11.2. The number of β-lactam (4-membered cyclic amide) rings is 1. The third-order valence-electron chi connectivity index (χ3n) is 5.29. The molecule has 2 saturated heterocycles. The van der Waals surface area contributed by atoms with Crippen LogP contribution in [0.25, 0.3) is 0 Å². The van der Waals surface area contributed by atoms with Crippen molar-refractivity contribution < 1.29 is 34.2 Å². The summed E-state index contributed by atoms with van der Waals surface area (Å²) >= 11 is 2.38. The van der Waals surface area contributed by atoms with Crippen LogP contribution in [0.5, 0.6) is 0 Å². The summed E-state index contributed by atoms with van der Waals surface area (Å²) in [5.74, 6) is -2.56. The first kappa shape index (κ1) is 21.5. The van der Waals surface area contributed by atoms with Crippen molar-refractivity contribution in [2.45, 2.75) is 23.9 Å². The Morgan fingerprint density at radius 3 is 2.77 bits per heavy atom. The highest BCUT2D eigenvalue weighted by Crippen LogP contribution is 2.43. The van der Waals surface area contributed by atoms with E-state index in [4.69, 9.17) is 10.6 Å². The molecule has 166 valence electrons. The Morgan fingerprint density at radius 2 is 2.23 bits per heavy atom. The third kappa shape index (κ3) is 3.75. The quantitative estimate of drug-likeness (QED) is 0.147. The molecular weight excluding hydrogens is 448 g/mol. The Hall–Kier alpha value is -2.68. The molecule has 31 heavy (non-hydrogen) atoms. The predicted octanol–water partition coefficient (Wildman–Crippen LogP) is -1.91. The molecule has 2 amide bonds. The molecule has 0 spiro atoms. The number of quaternary nitrogens is 1. The van der Waals surface area contributed by atoms with E-state index in [-0.39, 0.29) is 16.5 Å². The molecule has 12 nitrogen and oxygen atoms in total. The fraction of sp³-hybridized carbons (Fsp3) is 0.471. The second-order valence-corrected chi connectivity index (χ2v) is 9.72. The molecule has 1 aromatic rings. The van der Waals surface area contributed by atoms with Crippen molar-refractivity contribution in [3.05, 3.63) is 22.3 Å². The van der Waals surface area contributed by atoms with Crippen LogP contribution in [0.15, 0.2) is 21.8 Å². The minimum Gasteiger partial charge on any atom is -0.543 e. The van der Waals surface area contributed by atoms with Crippen molar-refractivity contribution in [2.24, 2.45) is 5.16 Å². The van der Waals surface area contributed by atoms with Gasteiger partial charge >= 0.3 is 0 Å². The van der Waals surface area contributed by atoms with E-state index >= 15 is 0 Å². The number of anilines is 1. The van der Waals surface area contributed by atoms with Crippen molar-refractivity contribution in [2.75, 3.05) is 32.1 Å². The second-order valence-electron chi connectivity index (χ2n) is 7.72. The highest BCUT2D eigenvalue weighted by molar-refractivity contribution is 8.00. The number of thiazole rings is 1. The van der Waals surface area contributed by atoms with Crippen molar-refractivity contribution in [1.29, 1.82) is 0 Å². The number of hydroxylamine groups is 3. The SMILES string of the molecule is C[N+]1(C)CC[C@@H](C2=C(C(=O)[O-])N3C(=O)C(NC(=O)/C(=N\O)c4csc(N)n4)C3SC2)O1. The smallest absolute Gasteiger partial charge is 0.276 e. The molecule has 2 unspecified atom stereocenters. The van der Waals surface area contributed by atoms with Crippen molar-refractivity contribution >= 4 is 51.7 Å². The van der Waals surface area contributed by atoms with Crippen molar-refractivity contribution in [1.82, 2.24) is 15.2 Å². The van der Waals surface area contributed by atoms with Crippen LogP contribution in [0, 0.1) is 0 Å². The van der Waals surface area contributed by atoms with E-state index in [1.165, 1.54) is 17.1 Å². The maximum Gasteiger partial charge on any atom is 0.276 e. The number of fused-ring (bicyclic) bond motifs is 1. The van der Waals surface area contributed by atoms with Crippen LogP contribution < -0.4 is 16.2 Å². The van der Waals surface area contributed by atoms with Crippen LogP contribution in [0.1, 0.15) is 12.1 Å². The van der Waals surface area contributed by atoms with E-state index in [1.54, 1.807) is 0 Å². The Balaban J connectivity index is 1.53. The zero-order valence-corrected chi connectivity index (χ0v) is 18.2. The molecule has 0 aliphatic carbocycles. The fourth-order valence-electron chi connectivity index (χ4n) is 3.81. The van der Waals surface area contributed by atoms with Gasteiger partial charge in [0.25, 0.3) is 11.8 Å². The lowest BCUT2D eigenvalue weighted by atomic mass is 9.99. The summed E-state index contributed by atoms with van der Waals surface area (Å²) in [5, 5.41) is 27.6. The number of hydrogen-bond acceptors (Lipinski definition) is 11. The van der Waals surface area contributed by atoms with E-state index in [1.807, 2.05) is 14.1 Å². The molecule has 2 fully saturated rings. The molecule has 0 aromatic carbocycles. The summed E-state index contributed by atoms with van der Waals surface area (Å²) in [4.78, 5) is 48.1. The number of carboxylic acid groups (broad SMARTS) is 1. The van der Waals surface area contributed by atoms with Crippen LogP contribution >= 0.6 is 23.1 Å². The number of hydrogen-bond donors (Lipinski definition) is 3. The van der Waals surface area contributed by atoms with E-state index in [0.29, 0.717) is 28.9 Å². The highest BCUT2D eigenvalue weighted by atomic mass is 32.2. The highest BCUT2D eigenvalue weighted by Gasteiger charge is 2.54. The molecule has 0 radical (unpaired) electrons. The summed E-state index contributed by atoms with van der Waals surface area (Å²) in [6.45, 7) is 0.708. The molecule has 3 atom stereocenters. The standard InChI is InChI=1S/C17H20N6O6S2/c1-23(2)4-3-9(29-23)7-5-30-15-11(14(25)22(15)12(7)16(26)27)20-13(24)10(21-28)8-6-31-17(18)19-8/h6,9,11,15H,3-5H2,1-2H3,(H4-,18,19,20,24,26,27,28)/t9-,11?,15?/m0/s1. The van der Waals surface area contributed by atoms with Gasteiger partial charge in [-0.05, 0) is 0 Å². The van der Waals surface area contributed by atoms with Crippen LogP contribution in [0.2, 0.25) is 0 Å². The fourth-order valence-corrected chi connectivity index (χ4v) is 5.77. The number of carbonyl (C=O) groups excluding carboxylic acids is 3. The van der Waals surface area contributed by atoms with Gasteiger partial charge in [-0.1, -0.05) is 5.16 Å². The molecule has 0 saturated carbocycles. The van der Waals surface area contributed by atoms with E-state index < -0.39 is 41.0 Å². The number of carbonyl (C=O) groups is 3. The Morgan fingerprint density at radius 1 is 1.48 bits per heavy atom. The normalized spacial score (nSPS) is 27.7. The van der Waals surface area contributed by atoms with Crippen LogP contribution in [0.3, 0.4) is 0 Å². The van der Waals surface area contributed by atoms with Gasteiger partial charge < -0.3 is 26.2 Å². The first-order chi connectivity index (χ1) is 14.6. The summed E-state index contributed by atoms with van der Waals surface area (Å²) in [5.41, 5.74) is 5.52. The number of rotatable bonds is 5. The van der Waals surface area contributed by atoms with Gasteiger partial charge in [0.05, 0.1) is 25.8 Å². The zero-order valence-electron chi connectivity index (χ0n) is 16.6. The molecule has 4 heterocycles. The van der Waals surface area contributed by atoms with Crippen LogP contribution in [0.4, 0.5) is 5.13 Å². The van der Waals surface area contributed by atoms with Gasteiger partial charge in [0.15, 0.2) is 10.8 Å². The minimum atomic E-state index is -1.46. The van der Waals surface area contributed by atoms with Gasteiger partial charge in [0.2, 0.25) is 0 Å². The van der Waals surface area contributed by atoms with Gasteiger partial charge in [0, 0.05) is 23.1 Å². The maximum absolute atomic E-state index is 12.8. The monoisotopic (exact) mass is 468 g/mol. The second kappa shape index (κ2) is 7.78. The van der Waals surface area contributed by atoms with Gasteiger partial charge in [-0.2, -0.15) is 9.48 Å². The molecule has 0 bridgehead atoms. The first-order valence-electron chi connectivity index (χ1n) is 9.27. The minimum absolute atomic E-state index is 0.0687. The summed E-state index contributed by atoms with van der Waals surface area (Å²) in [6.07, 6.45) is 0.195. The van der Waals surface area contributed by atoms with E-state index in [0.717, 1.165) is 16.2 Å². The summed E-state index contributed by atoms with van der Waals surface area (Å²) in [7, 11) is 3.74. The molecule has 4 N–H and O–H groups in total. The van der Waals surface area contributed by atoms with E-state index in [2.05, 4.69) is 15.5 Å². The largest absolute Gasteiger partial charge is 0.543 e. The Labute approximate surface area is 184 Å². The number of thioether (sulfide) groups is 1. The third-order valence-corrected chi connectivity index (χ3v) is 7.26. The number of aromatic nitrogens is 1. The summed E-state index contributed by atoms with van der Waals surface area (Å²) in [6, 6.07) is -0.988. The molecule has 14 heteroatoms. The Bertz CT molecular complexity index is 1020. The average Bonchev–Trinajstić information content (AvgIpc) is 3.30. The van der Waals surface area contributed by atoms with Gasteiger partial charge in [-0.15, -0.1) is 23.1 Å². The lowest BCUT2D eigenvalue weighted by Gasteiger charge is -2.51. The maximum atomic E-state index is 12.8. The summed E-state index contributed by atoms with van der Waals surface area (Å²) < 4.78 is 0.291. The van der Waals surface area contributed by atoms with Gasteiger partial charge in [0.1, 0.15) is 29.8 Å². The number of nitrogen functional groups attached to an aromatic ring is 1. The molecule has 3 aliphatic rings. The van der Waals surface area contributed by atoms with E-state index in [9.17, 15) is 24.7 Å². The lowest BCUT2D eigenvalue weighted by Crippen LogP contribution is -2.71. The van der Waals surface area contributed by atoms with Gasteiger partial charge in [-0.3, -0.25) is 14.5 Å². The Kier molecular flexibility index (Phi) is 5.41. The number of nitrogens with two attached hydrogens (primary N) is 1. The zero-order chi connectivity index (χ0) is 22.5. The van der Waals surface area contributed by atoms with Crippen LogP contribution in [-0.2, 0) is 19.2 Å². The number of aliphatic carboxylic acids is 1. The molecule has 1 aromatic heterocycles. The number of nitrogens with zero attached hydrogens (tertiary/aromatic N) is 4. The van der Waals surface area contributed by atoms with Crippen molar-refractivity contribution in [3.8, 4) is 0 Å². The van der Waals surface area contributed by atoms with Gasteiger partial charge in [-0.25, -0.2) is 4.98 Å². The predicted molar refractivity (Wildman–Crippen MR) is 108 cm³/mol. The molecular formula is C17H20N6O6S2. The molecule has 4 rings (SSSR count). The van der Waals surface area contributed by atoms with Crippen molar-refractivity contribution in [3.63, 3.8) is 0 Å². The lowest BCUT2D eigenvalue weighted by molar-refractivity contribution is -1.06. The van der Waals surface area contributed by atoms with Crippen LogP contribution in [-0.4, -0.2) is 87.1 Å². The number of carboxylic acids is 1. The average molecular weight is 469 g/mol. The number of amides is 2.